The fourth-order valence-electron chi connectivity index (χ4n) is 1.77. The van der Waals surface area contributed by atoms with Crippen LogP contribution in [0, 0.1) is 36.0 Å². The van der Waals surface area contributed by atoms with Crippen molar-refractivity contribution in [2.24, 2.45) is 0 Å². The Hall–Kier alpha value is -2.44. The first kappa shape index (κ1) is 15.0. The average Bonchev–Trinajstić information content (AvgIpc) is 2.46. The third-order valence-corrected chi connectivity index (χ3v) is 2.97. The molecule has 0 fully saturated rings. The third-order valence-electron chi connectivity index (χ3n) is 2.97. The van der Waals surface area contributed by atoms with Crippen molar-refractivity contribution in [1.82, 2.24) is 0 Å². The van der Waals surface area contributed by atoms with E-state index in [1.54, 1.807) is 0 Å². The van der Waals surface area contributed by atoms with E-state index >= 15 is 0 Å². The van der Waals surface area contributed by atoms with E-state index in [0.29, 0.717) is 11.3 Å². The number of aryl methyl sites for hydroxylation is 1. The summed E-state index contributed by atoms with van der Waals surface area (Å²) >= 11 is 0. The number of ketones is 1. The van der Waals surface area contributed by atoms with Crippen molar-refractivity contribution >= 4 is 11.5 Å². The van der Waals surface area contributed by atoms with Gasteiger partial charge in [-0.05, 0) is 30.7 Å². The zero-order valence-corrected chi connectivity index (χ0v) is 10.6. The van der Waals surface area contributed by atoms with E-state index in [4.69, 9.17) is 5.73 Å². The zero-order chi connectivity index (χ0) is 15.9. The lowest BCUT2D eigenvalue weighted by Gasteiger charge is -2.08. The van der Waals surface area contributed by atoms with E-state index in [0.717, 1.165) is 6.07 Å². The lowest BCUT2D eigenvalue weighted by atomic mass is 9.99. The molecule has 0 aliphatic rings. The summed E-state index contributed by atoms with van der Waals surface area (Å²) in [6, 6.07) is 3.65. The number of anilines is 1. The first-order valence-corrected chi connectivity index (χ1v) is 5.68. The number of rotatable bonds is 2. The first-order chi connectivity index (χ1) is 9.75. The van der Waals surface area contributed by atoms with Crippen LogP contribution in [0.1, 0.15) is 21.5 Å². The predicted molar refractivity (Wildman–Crippen MR) is 65.3 cm³/mol. The molecule has 0 aromatic heterocycles. The van der Waals surface area contributed by atoms with E-state index in [2.05, 4.69) is 0 Å². The number of benzene rings is 2. The van der Waals surface area contributed by atoms with Gasteiger partial charge >= 0.3 is 0 Å². The Labute approximate surface area is 116 Å². The van der Waals surface area contributed by atoms with E-state index in [-0.39, 0.29) is 5.56 Å². The summed E-state index contributed by atoms with van der Waals surface area (Å²) in [7, 11) is 0. The van der Waals surface area contributed by atoms with Gasteiger partial charge in [-0.3, -0.25) is 4.79 Å². The van der Waals surface area contributed by atoms with Gasteiger partial charge in [-0.1, -0.05) is 0 Å². The molecule has 2 N–H and O–H groups in total. The number of carbonyl (C=O) groups excluding carboxylic acids is 1. The molecule has 2 rings (SSSR count). The highest BCUT2D eigenvalue weighted by molar-refractivity contribution is 6.09. The molecule has 0 saturated carbocycles. The number of nitrogens with two attached hydrogens (primary N) is 1. The summed E-state index contributed by atoms with van der Waals surface area (Å²) in [6.07, 6.45) is 0. The van der Waals surface area contributed by atoms with Crippen molar-refractivity contribution < 1.29 is 26.7 Å². The molecule has 0 heterocycles. The molecule has 0 spiro atoms. The number of nitrogen functional groups attached to an aromatic ring is 1. The molecule has 0 saturated heterocycles. The normalized spacial score (nSPS) is 10.8. The minimum atomic E-state index is -2.31. The van der Waals surface area contributed by atoms with E-state index in [9.17, 15) is 26.7 Å². The van der Waals surface area contributed by atoms with Gasteiger partial charge in [0.2, 0.25) is 5.82 Å². The average molecular weight is 301 g/mol. The summed E-state index contributed by atoms with van der Waals surface area (Å²) in [4.78, 5) is 12.0. The highest BCUT2D eigenvalue weighted by Crippen LogP contribution is 2.26. The van der Waals surface area contributed by atoms with Crippen molar-refractivity contribution in [2.45, 2.75) is 6.92 Å². The van der Waals surface area contributed by atoms with Crippen molar-refractivity contribution in [1.29, 1.82) is 0 Å². The molecular formula is C14H8F5NO. The summed E-state index contributed by atoms with van der Waals surface area (Å²) in [5, 5.41) is 0. The van der Waals surface area contributed by atoms with Crippen molar-refractivity contribution in [3.05, 3.63) is 64.0 Å². The van der Waals surface area contributed by atoms with Crippen molar-refractivity contribution in [2.75, 3.05) is 5.73 Å². The molecule has 110 valence electrons. The second-order valence-corrected chi connectivity index (χ2v) is 4.35. The summed E-state index contributed by atoms with van der Waals surface area (Å²) in [5.41, 5.74) is 4.56. The molecule has 2 nitrogen and oxygen atoms in total. The van der Waals surface area contributed by atoms with E-state index in [1.807, 2.05) is 0 Å². The zero-order valence-electron chi connectivity index (χ0n) is 10.6. The quantitative estimate of drug-likeness (QED) is 0.303. The fraction of sp³-hybridized carbons (Fsp3) is 0.0714. The molecule has 2 aromatic rings. The molecule has 0 amide bonds. The summed E-state index contributed by atoms with van der Waals surface area (Å²) < 4.78 is 66.2. The fourth-order valence-corrected chi connectivity index (χ4v) is 1.77. The molecule has 0 radical (unpaired) electrons. The van der Waals surface area contributed by atoms with Gasteiger partial charge in [-0.2, -0.15) is 0 Å². The van der Waals surface area contributed by atoms with Crippen LogP contribution in [0.4, 0.5) is 27.6 Å². The Bertz CT molecular complexity index is 729. The Morgan fingerprint density at radius 1 is 0.905 bits per heavy atom. The van der Waals surface area contributed by atoms with Gasteiger partial charge in [0, 0.05) is 11.3 Å². The molecule has 0 bridgehead atoms. The van der Waals surface area contributed by atoms with Gasteiger partial charge in [0.1, 0.15) is 5.56 Å². The molecule has 0 aliphatic carbocycles. The van der Waals surface area contributed by atoms with Crippen molar-refractivity contribution in [3.8, 4) is 0 Å². The third kappa shape index (κ3) is 2.35. The van der Waals surface area contributed by atoms with Crippen LogP contribution in [0.2, 0.25) is 0 Å². The number of hydrogen-bond donors (Lipinski definition) is 1. The second-order valence-electron chi connectivity index (χ2n) is 4.35. The topological polar surface area (TPSA) is 43.1 Å². The van der Waals surface area contributed by atoms with Crippen LogP contribution < -0.4 is 5.73 Å². The lowest BCUT2D eigenvalue weighted by molar-refractivity contribution is 0.102. The SMILES string of the molecule is Cc1cc(C(=O)c2c(F)c(F)c(F)c(F)c2F)ccc1N. The van der Waals surface area contributed by atoms with Gasteiger partial charge in [-0.25, -0.2) is 22.0 Å². The highest BCUT2D eigenvalue weighted by Gasteiger charge is 2.30. The van der Waals surface area contributed by atoms with Crippen LogP contribution in [-0.4, -0.2) is 5.78 Å². The Kier molecular flexibility index (Phi) is 3.67. The maximum Gasteiger partial charge on any atom is 0.200 e. The van der Waals surface area contributed by atoms with Crippen molar-refractivity contribution in [3.63, 3.8) is 0 Å². The van der Waals surface area contributed by atoms with Gasteiger partial charge in [0.15, 0.2) is 29.1 Å². The largest absolute Gasteiger partial charge is 0.399 e. The van der Waals surface area contributed by atoms with Gasteiger partial charge in [0.25, 0.3) is 0 Å². The molecule has 0 atom stereocenters. The lowest BCUT2D eigenvalue weighted by Crippen LogP contribution is -2.14. The highest BCUT2D eigenvalue weighted by atomic mass is 19.2. The summed E-state index contributed by atoms with van der Waals surface area (Å²) in [6.45, 7) is 1.53. The molecule has 7 heteroatoms. The van der Waals surface area contributed by atoms with Crippen LogP contribution in [0.15, 0.2) is 18.2 Å². The van der Waals surface area contributed by atoms with Crippen LogP contribution in [0.25, 0.3) is 0 Å². The Morgan fingerprint density at radius 3 is 1.86 bits per heavy atom. The number of carbonyl (C=O) groups is 1. The maximum atomic E-state index is 13.6. The van der Waals surface area contributed by atoms with E-state index in [1.165, 1.54) is 19.1 Å². The number of halogens is 5. The molecule has 2 aromatic carbocycles. The van der Waals surface area contributed by atoms with Crippen LogP contribution >= 0.6 is 0 Å². The minimum absolute atomic E-state index is 0.232. The van der Waals surface area contributed by atoms with E-state index < -0.39 is 40.4 Å². The van der Waals surface area contributed by atoms with Gasteiger partial charge < -0.3 is 5.73 Å². The van der Waals surface area contributed by atoms with Gasteiger partial charge in [0.05, 0.1) is 0 Å². The summed E-state index contributed by atoms with van der Waals surface area (Å²) in [5.74, 6) is -12.3. The number of hydrogen-bond acceptors (Lipinski definition) is 2. The molecular weight excluding hydrogens is 293 g/mol. The van der Waals surface area contributed by atoms with Crippen LogP contribution in [-0.2, 0) is 0 Å². The molecule has 0 unspecified atom stereocenters. The minimum Gasteiger partial charge on any atom is -0.399 e. The van der Waals surface area contributed by atoms with Gasteiger partial charge in [-0.15, -0.1) is 0 Å². The molecule has 21 heavy (non-hydrogen) atoms. The monoisotopic (exact) mass is 301 g/mol. The Morgan fingerprint density at radius 2 is 1.38 bits per heavy atom. The standard InChI is InChI=1S/C14H8F5NO/c1-5-4-6(2-3-7(5)20)14(21)8-9(15)11(17)13(19)12(18)10(8)16/h2-4H,20H2,1H3. The molecule has 0 aliphatic heterocycles. The van der Waals surface area contributed by atoms with Crippen LogP contribution in [0.5, 0.6) is 0 Å². The predicted octanol–water partition coefficient (Wildman–Crippen LogP) is 3.50. The Balaban J connectivity index is 2.66. The first-order valence-electron chi connectivity index (χ1n) is 5.68. The second kappa shape index (κ2) is 5.16. The smallest absolute Gasteiger partial charge is 0.200 e. The maximum absolute atomic E-state index is 13.6. The van der Waals surface area contributed by atoms with Crippen LogP contribution in [0.3, 0.4) is 0 Å².